The molecule has 1 N–H and O–H groups in total. The molecule has 0 aromatic heterocycles. The zero-order chi connectivity index (χ0) is 33.2. The highest BCUT2D eigenvalue weighted by molar-refractivity contribution is 5.85. The van der Waals surface area contributed by atoms with Gasteiger partial charge in [-0.3, -0.25) is 9.59 Å². The van der Waals surface area contributed by atoms with Crippen LogP contribution in [0.2, 0.25) is 0 Å². The van der Waals surface area contributed by atoms with Crippen LogP contribution in [0, 0.1) is 64.1 Å². The number of allylic oxidation sites excluding steroid dienone is 1. The molecule has 2 amide bonds. The molecule has 7 fully saturated rings. The van der Waals surface area contributed by atoms with Gasteiger partial charge >= 0.3 is 0 Å². The Kier molecular flexibility index (Phi) is 11.7. The molecule has 0 radical (unpaired) electrons. The molecule has 262 valence electrons. The molecule has 7 aliphatic rings. The highest BCUT2D eigenvalue weighted by Gasteiger charge is 2.62. The van der Waals surface area contributed by atoms with Crippen molar-refractivity contribution in [2.24, 2.45) is 64.1 Å². The number of nitrogens with one attached hydrogen (secondary N) is 1. The molecule has 7 rings (SSSR count). The van der Waals surface area contributed by atoms with E-state index in [1.807, 2.05) is 27.9 Å². The third kappa shape index (κ3) is 6.15. The minimum atomic E-state index is -0.137. The van der Waals surface area contributed by atoms with Crippen molar-refractivity contribution >= 4 is 11.8 Å². The predicted octanol–water partition coefficient (Wildman–Crippen LogP) is 9.06. The third-order valence-electron chi connectivity index (χ3n) is 15.2. The lowest BCUT2D eigenvalue weighted by atomic mass is 9.42. The first-order chi connectivity index (χ1) is 22.2. The number of hydrogen-bond donors (Lipinski definition) is 1. The lowest BCUT2D eigenvalue weighted by Crippen LogP contribution is -2.61. The van der Waals surface area contributed by atoms with Gasteiger partial charge in [0.05, 0.1) is 11.5 Å². The summed E-state index contributed by atoms with van der Waals surface area (Å²) in [7, 11) is 1.92. The quantitative estimate of drug-likeness (QED) is 0.313. The van der Waals surface area contributed by atoms with Crippen molar-refractivity contribution in [1.29, 1.82) is 0 Å². The maximum Gasteiger partial charge on any atom is 0.226 e. The molecule has 1 heterocycles. The molecule has 6 aliphatic carbocycles. The first-order valence-electron chi connectivity index (χ1n) is 19.9. The smallest absolute Gasteiger partial charge is 0.226 e. The number of amides is 2. The van der Waals surface area contributed by atoms with E-state index >= 15 is 0 Å². The standard InChI is InChI=1S/C36H58N2O3.C3H6.C2H6/c1-22-27(33(39)38-19-6-5-7-20-38)21-31(22)37-34(40)36-16-8-9-30(36)26-11-13-29-25(24(26)14-18-36)10-12-28-23(2)32(41-4)15-17-35(28,29)3;1-3-2;1-2/h22-32H,5-21H2,1-4H3,(H,37,40);3H,1H2,2H3;1-2H3. The average Bonchev–Trinajstić information content (AvgIpc) is 3.54. The van der Waals surface area contributed by atoms with Crippen LogP contribution in [-0.4, -0.2) is 49.1 Å². The van der Waals surface area contributed by atoms with E-state index in [1.165, 1.54) is 64.2 Å². The number of fused-ring (bicyclic) bond motifs is 7. The van der Waals surface area contributed by atoms with Crippen LogP contribution < -0.4 is 5.32 Å². The number of likely N-dealkylation sites (tertiary alicyclic amines) is 1. The number of piperidine rings is 1. The fourth-order valence-corrected chi connectivity index (χ4v) is 12.9. The maximum absolute atomic E-state index is 14.2. The highest BCUT2D eigenvalue weighted by atomic mass is 16.5. The number of carbonyl (C=O) groups is 2. The number of rotatable bonds is 4. The van der Waals surface area contributed by atoms with Crippen molar-refractivity contribution in [1.82, 2.24) is 10.2 Å². The van der Waals surface area contributed by atoms with Crippen molar-refractivity contribution in [2.45, 2.75) is 150 Å². The Balaban J connectivity index is 0.000000789. The molecule has 13 atom stereocenters. The molecule has 1 saturated heterocycles. The Morgan fingerprint density at radius 1 is 0.804 bits per heavy atom. The van der Waals surface area contributed by atoms with E-state index in [-0.39, 0.29) is 23.3 Å². The van der Waals surface area contributed by atoms with Crippen LogP contribution in [0.1, 0.15) is 138 Å². The summed E-state index contributed by atoms with van der Waals surface area (Å²) in [5.41, 5.74) is 0.342. The number of ether oxygens (including phenoxy) is 1. The van der Waals surface area contributed by atoms with E-state index in [9.17, 15) is 9.59 Å². The van der Waals surface area contributed by atoms with E-state index in [1.54, 1.807) is 6.08 Å². The molecular weight excluding hydrogens is 568 g/mol. The predicted molar refractivity (Wildman–Crippen MR) is 189 cm³/mol. The average molecular weight is 639 g/mol. The first kappa shape index (κ1) is 35.9. The van der Waals surface area contributed by atoms with Crippen LogP contribution in [0.15, 0.2) is 12.7 Å². The largest absolute Gasteiger partial charge is 0.381 e. The second-order valence-electron chi connectivity index (χ2n) is 16.8. The first-order valence-corrected chi connectivity index (χ1v) is 19.9. The van der Waals surface area contributed by atoms with Crippen molar-refractivity contribution in [2.75, 3.05) is 20.2 Å². The van der Waals surface area contributed by atoms with E-state index in [0.29, 0.717) is 35.2 Å². The van der Waals surface area contributed by atoms with Crippen molar-refractivity contribution in [3.8, 4) is 0 Å². The molecule has 0 aromatic rings. The van der Waals surface area contributed by atoms with Gasteiger partial charge in [0, 0.05) is 32.2 Å². The normalized spacial score (nSPS) is 45.8. The van der Waals surface area contributed by atoms with Gasteiger partial charge in [0.2, 0.25) is 11.8 Å². The van der Waals surface area contributed by atoms with Gasteiger partial charge in [-0.1, -0.05) is 47.1 Å². The Morgan fingerprint density at radius 3 is 2.11 bits per heavy atom. The van der Waals surface area contributed by atoms with Crippen LogP contribution in [0.4, 0.5) is 0 Å². The van der Waals surface area contributed by atoms with Crippen LogP contribution in [-0.2, 0) is 14.3 Å². The van der Waals surface area contributed by atoms with E-state index < -0.39 is 0 Å². The summed E-state index contributed by atoms with van der Waals surface area (Å²) in [5, 5.41) is 3.57. The Labute approximate surface area is 282 Å². The molecular formula is C41H70N2O3. The summed E-state index contributed by atoms with van der Waals surface area (Å²) in [6.07, 6.45) is 20.6. The van der Waals surface area contributed by atoms with Gasteiger partial charge in [0.25, 0.3) is 0 Å². The molecule has 0 spiro atoms. The second-order valence-corrected chi connectivity index (χ2v) is 16.8. The van der Waals surface area contributed by atoms with Gasteiger partial charge in [0.15, 0.2) is 0 Å². The minimum Gasteiger partial charge on any atom is -0.381 e. The van der Waals surface area contributed by atoms with Gasteiger partial charge in [0.1, 0.15) is 0 Å². The SMILES string of the molecule is C=CC.CC.COC1CCC2(C)C(CCC3C4CCC5(C(=O)NC6CC(C(=O)N7CCCCC7)C6C)CCCC5C4CCC32)C1C. The monoisotopic (exact) mass is 639 g/mol. The number of carbonyl (C=O) groups excluding carboxylic acids is 2. The highest BCUT2D eigenvalue weighted by Crippen LogP contribution is 2.67. The fraction of sp³-hybridized carbons (Fsp3) is 0.902. The summed E-state index contributed by atoms with van der Waals surface area (Å²) in [5.74, 6) is 6.49. The Bertz CT molecular complexity index is 1050. The maximum atomic E-state index is 14.2. The molecule has 13 unspecified atom stereocenters. The summed E-state index contributed by atoms with van der Waals surface area (Å²) in [6, 6.07) is 0.185. The third-order valence-corrected chi connectivity index (χ3v) is 15.2. The zero-order valence-corrected chi connectivity index (χ0v) is 30.8. The summed E-state index contributed by atoms with van der Waals surface area (Å²) in [6.45, 7) is 18.5. The van der Waals surface area contributed by atoms with Gasteiger partial charge in [-0.2, -0.15) is 0 Å². The van der Waals surface area contributed by atoms with Crippen molar-refractivity contribution < 1.29 is 14.3 Å². The summed E-state index contributed by atoms with van der Waals surface area (Å²) in [4.78, 5) is 29.4. The molecule has 6 saturated carbocycles. The second kappa shape index (κ2) is 15.0. The van der Waals surface area contributed by atoms with Crippen molar-refractivity contribution in [3.63, 3.8) is 0 Å². The summed E-state index contributed by atoms with van der Waals surface area (Å²) < 4.78 is 5.93. The minimum absolute atomic E-state index is 0.111. The molecule has 5 heteroatoms. The molecule has 1 aliphatic heterocycles. The topological polar surface area (TPSA) is 58.6 Å². The lowest BCUT2D eigenvalue weighted by molar-refractivity contribution is -0.165. The number of hydrogen-bond acceptors (Lipinski definition) is 3. The van der Waals surface area contributed by atoms with Crippen LogP contribution in [0.3, 0.4) is 0 Å². The number of methoxy groups -OCH3 is 1. The molecule has 46 heavy (non-hydrogen) atoms. The summed E-state index contributed by atoms with van der Waals surface area (Å²) >= 11 is 0. The molecule has 5 nitrogen and oxygen atoms in total. The fourth-order valence-electron chi connectivity index (χ4n) is 12.9. The van der Waals surface area contributed by atoms with E-state index in [0.717, 1.165) is 74.8 Å². The van der Waals surface area contributed by atoms with Gasteiger partial charge in [-0.05, 0) is 150 Å². The van der Waals surface area contributed by atoms with E-state index in [2.05, 4.69) is 37.6 Å². The molecule has 0 bridgehead atoms. The van der Waals surface area contributed by atoms with Crippen molar-refractivity contribution in [3.05, 3.63) is 12.7 Å². The van der Waals surface area contributed by atoms with Crippen LogP contribution in [0.5, 0.6) is 0 Å². The van der Waals surface area contributed by atoms with Gasteiger partial charge in [-0.25, -0.2) is 0 Å². The number of nitrogens with zero attached hydrogens (tertiary/aromatic N) is 1. The van der Waals surface area contributed by atoms with Gasteiger partial charge in [-0.15, -0.1) is 6.58 Å². The van der Waals surface area contributed by atoms with Crippen LogP contribution in [0.25, 0.3) is 0 Å². The lowest BCUT2D eigenvalue weighted by Gasteiger charge is -2.63. The zero-order valence-electron chi connectivity index (χ0n) is 30.8. The Hall–Kier alpha value is -1.36. The molecule has 0 aromatic carbocycles. The van der Waals surface area contributed by atoms with E-state index in [4.69, 9.17) is 4.74 Å². The Morgan fingerprint density at radius 2 is 1.46 bits per heavy atom. The van der Waals surface area contributed by atoms with Gasteiger partial charge < -0.3 is 15.0 Å². The van der Waals surface area contributed by atoms with Crippen LogP contribution >= 0.6 is 0 Å².